The molecule has 1 atom stereocenters. The fourth-order valence-corrected chi connectivity index (χ4v) is 1.34. The van der Waals surface area contributed by atoms with Crippen molar-refractivity contribution in [1.82, 2.24) is 15.5 Å². The molecule has 0 aliphatic carbocycles. The molecule has 0 spiro atoms. The number of ether oxygens (including phenoxy) is 1. The van der Waals surface area contributed by atoms with E-state index in [2.05, 4.69) is 15.5 Å². The number of rotatable bonds is 3. The van der Waals surface area contributed by atoms with Gasteiger partial charge in [0.1, 0.15) is 0 Å². The first-order valence-corrected chi connectivity index (χ1v) is 4.45. The normalized spacial score (nSPS) is 22.4. The van der Waals surface area contributed by atoms with Crippen molar-refractivity contribution < 1.29 is 9.26 Å². The van der Waals surface area contributed by atoms with Crippen LogP contribution in [0.25, 0.3) is 0 Å². The van der Waals surface area contributed by atoms with Gasteiger partial charge in [0.25, 0.3) is 0 Å². The van der Waals surface area contributed by atoms with Crippen molar-refractivity contribution in [2.45, 2.75) is 25.9 Å². The van der Waals surface area contributed by atoms with Crippen molar-refractivity contribution in [3.05, 3.63) is 11.7 Å². The number of hydrogen-bond donors (Lipinski definition) is 1. The smallest absolute Gasteiger partial charge is 0.240 e. The van der Waals surface area contributed by atoms with E-state index in [1.165, 1.54) is 0 Å². The van der Waals surface area contributed by atoms with Crippen LogP contribution in [0.4, 0.5) is 0 Å². The van der Waals surface area contributed by atoms with Gasteiger partial charge in [0.2, 0.25) is 5.89 Å². The molecule has 5 nitrogen and oxygen atoms in total. The zero-order valence-electron chi connectivity index (χ0n) is 7.62. The van der Waals surface area contributed by atoms with Gasteiger partial charge in [-0.15, -0.1) is 0 Å². The molecular weight excluding hydrogens is 170 g/mol. The van der Waals surface area contributed by atoms with Crippen molar-refractivity contribution in [2.24, 2.45) is 0 Å². The summed E-state index contributed by atoms with van der Waals surface area (Å²) in [7, 11) is 0. The lowest BCUT2D eigenvalue weighted by molar-refractivity contribution is 0.189. The molecule has 13 heavy (non-hydrogen) atoms. The Hall–Kier alpha value is -0.940. The maximum absolute atomic E-state index is 5.22. The molecule has 0 saturated carbocycles. The number of aryl methyl sites for hydroxylation is 1. The molecule has 2 rings (SSSR count). The van der Waals surface area contributed by atoms with Crippen molar-refractivity contribution in [3.8, 4) is 0 Å². The van der Waals surface area contributed by atoms with Crippen LogP contribution in [0.3, 0.4) is 0 Å². The Balaban J connectivity index is 1.78. The Kier molecular flexibility index (Phi) is 2.56. The van der Waals surface area contributed by atoms with E-state index >= 15 is 0 Å². The van der Waals surface area contributed by atoms with Crippen LogP contribution in [0.15, 0.2) is 4.52 Å². The third-order valence-corrected chi connectivity index (χ3v) is 2.04. The Morgan fingerprint density at radius 2 is 2.54 bits per heavy atom. The summed E-state index contributed by atoms with van der Waals surface area (Å²) in [5.41, 5.74) is 0. The number of hydrogen-bond acceptors (Lipinski definition) is 5. The van der Waals surface area contributed by atoms with Crippen molar-refractivity contribution >= 4 is 0 Å². The lowest BCUT2D eigenvalue weighted by Crippen LogP contribution is -2.28. The van der Waals surface area contributed by atoms with E-state index in [-0.39, 0.29) is 0 Å². The van der Waals surface area contributed by atoms with Crippen molar-refractivity contribution in [1.29, 1.82) is 0 Å². The molecule has 72 valence electrons. The topological polar surface area (TPSA) is 60.2 Å². The Labute approximate surface area is 76.5 Å². The molecule has 1 aromatic rings. The summed E-state index contributed by atoms with van der Waals surface area (Å²) in [5.74, 6) is 1.32. The van der Waals surface area contributed by atoms with Gasteiger partial charge in [0.05, 0.1) is 13.2 Å². The SMILES string of the molecule is Cc1noc(CNC2CCOC2)n1. The van der Waals surface area contributed by atoms with Gasteiger partial charge >= 0.3 is 0 Å². The van der Waals surface area contributed by atoms with Gasteiger partial charge in [-0.05, 0) is 13.3 Å². The van der Waals surface area contributed by atoms with Crippen LogP contribution in [0.1, 0.15) is 18.1 Å². The van der Waals surface area contributed by atoms with E-state index in [9.17, 15) is 0 Å². The molecule has 1 fully saturated rings. The molecule has 0 bridgehead atoms. The molecule has 1 aromatic heterocycles. The fourth-order valence-electron chi connectivity index (χ4n) is 1.34. The van der Waals surface area contributed by atoms with Crippen molar-refractivity contribution in [2.75, 3.05) is 13.2 Å². The summed E-state index contributed by atoms with van der Waals surface area (Å²) >= 11 is 0. The van der Waals surface area contributed by atoms with E-state index in [4.69, 9.17) is 9.26 Å². The van der Waals surface area contributed by atoms with Gasteiger partial charge in [-0.3, -0.25) is 0 Å². The van der Waals surface area contributed by atoms with E-state index in [1.54, 1.807) is 0 Å². The predicted molar refractivity (Wildman–Crippen MR) is 45.1 cm³/mol. The minimum atomic E-state index is 0.437. The molecule has 0 radical (unpaired) electrons. The van der Waals surface area contributed by atoms with Gasteiger partial charge in [-0.2, -0.15) is 4.98 Å². The second kappa shape index (κ2) is 3.85. The molecule has 1 aliphatic rings. The summed E-state index contributed by atoms with van der Waals surface area (Å²) in [6, 6.07) is 0.437. The highest BCUT2D eigenvalue weighted by Crippen LogP contribution is 2.04. The second-order valence-corrected chi connectivity index (χ2v) is 3.18. The molecule has 0 amide bonds. The van der Waals surface area contributed by atoms with Gasteiger partial charge < -0.3 is 14.6 Å². The third kappa shape index (κ3) is 2.26. The monoisotopic (exact) mass is 183 g/mol. The lowest BCUT2D eigenvalue weighted by atomic mass is 10.3. The van der Waals surface area contributed by atoms with Crippen LogP contribution in [0, 0.1) is 6.92 Å². The zero-order chi connectivity index (χ0) is 9.10. The minimum absolute atomic E-state index is 0.437. The van der Waals surface area contributed by atoms with Crippen LogP contribution in [-0.2, 0) is 11.3 Å². The summed E-state index contributed by atoms with van der Waals surface area (Å²) in [4.78, 5) is 4.09. The highest BCUT2D eigenvalue weighted by molar-refractivity contribution is 4.83. The predicted octanol–water partition coefficient (Wildman–Crippen LogP) is 0.257. The molecule has 0 aromatic carbocycles. The Morgan fingerprint density at radius 1 is 1.62 bits per heavy atom. The van der Waals surface area contributed by atoms with Gasteiger partial charge in [-0.25, -0.2) is 0 Å². The van der Waals surface area contributed by atoms with E-state index in [0.29, 0.717) is 24.3 Å². The number of nitrogens with zero attached hydrogens (tertiary/aromatic N) is 2. The molecule has 1 aliphatic heterocycles. The van der Waals surface area contributed by atoms with Crippen LogP contribution < -0.4 is 5.32 Å². The van der Waals surface area contributed by atoms with E-state index < -0.39 is 0 Å². The molecule has 2 heterocycles. The first kappa shape index (κ1) is 8.65. The lowest BCUT2D eigenvalue weighted by Gasteiger charge is -2.06. The number of aromatic nitrogens is 2. The van der Waals surface area contributed by atoms with Crippen LogP contribution >= 0.6 is 0 Å². The van der Waals surface area contributed by atoms with Gasteiger partial charge in [0, 0.05) is 12.6 Å². The van der Waals surface area contributed by atoms with Crippen LogP contribution in [-0.4, -0.2) is 29.4 Å². The van der Waals surface area contributed by atoms with E-state index in [0.717, 1.165) is 19.6 Å². The molecule has 5 heteroatoms. The molecule has 1 N–H and O–H groups in total. The zero-order valence-corrected chi connectivity index (χ0v) is 7.62. The summed E-state index contributed by atoms with van der Waals surface area (Å²) in [6.45, 7) is 4.08. The average Bonchev–Trinajstić information content (AvgIpc) is 2.71. The fraction of sp³-hybridized carbons (Fsp3) is 0.750. The summed E-state index contributed by atoms with van der Waals surface area (Å²) in [5, 5.41) is 6.99. The highest BCUT2D eigenvalue weighted by atomic mass is 16.5. The molecule has 1 saturated heterocycles. The first-order chi connectivity index (χ1) is 6.34. The standard InChI is InChI=1S/C8H13N3O2/c1-6-10-8(13-11-6)4-9-7-2-3-12-5-7/h7,9H,2-5H2,1H3. The largest absolute Gasteiger partial charge is 0.380 e. The third-order valence-electron chi connectivity index (χ3n) is 2.04. The van der Waals surface area contributed by atoms with Crippen LogP contribution in [0.5, 0.6) is 0 Å². The number of nitrogens with one attached hydrogen (secondary N) is 1. The maximum Gasteiger partial charge on any atom is 0.240 e. The Morgan fingerprint density at radius 3 is 3.15 bits per heavy atom. The Bertz CT molecular complexity index is 268. The van der Waals surface area contributed by atoms with Crippen molar-refractivity contribution in [3.63, 3.8) is 0 Å². The van der Waals surface area contributed by atoms with Crippen LogP contribution in [0.2, 0.25) is 0 Å². The minimum Gasteiger partial charge on any atom is -0.380 e. The molecule has 1 unspecified atom stereocenters. The van der Waals surface area contributed by atoms with Gasteiger partial charge in [-0.1, -0.05) is 5.16 Å². The first-order valence-electron chi connectivity index (χ1n) is 4.45. The summed E-state index contributed by atoms with van der Waals surface area (Å²) in [6.07, 6.45) is 1.06. The second-order valence-electron chi connectivity index (χ2n) is 3.18. The van der Waals surface area contributed by atoms with Gasteiger partial charge in [0.15, 0.2) is 5.82 Å². The van der Waals surface area contributed by atoms with E-state index in [1.807, 2.05) is 6.92 Å². The summed E-state index contributed by atoms with van der Waals surface area (Å²) < 4.78 is 10.2. The average molecular weight is 183 g/mol. The maximum atomic E-state index is 5.22. The molecular formula is C8H13N3O2. The quantitative estimate of drug-likeness (QED) is 0.728. The highest BCUT2D eigenvalue weighted by Gasteiger charge is 2.15.